The Balaban J connectivity index is 2.10. The van der Waals surface area contributed by atoms with E-state index >= 15 is 0 Å². The summed E-state index contributed by atoms with van der Waals surface area (Å²) < 4.78 is 20.0. The molecule has 1 aromatic heterocycles. The fourth-order valence-electron chi connectivity index (χ4n) is 3.30. The molecule has 4 amide bonds. The number of epoxide rings is 1. The van der Waals surface area contributed by atoms with Crippen LogP contribution in [0.5, 0.6) is 0 Å². The van der Waals surface area contributed by atoms with Crippen LogP contribution in [0.1, 0.15) is 48.2 Å². The van der Waals surface area contributed by atoms with Crippen LogP contribution >= 0.6 is 0 Å². The van der Waals surface area contributed by atoms with Crippen molar-refractivity contribution in [1.82, 2.24) is 21.1 Å². The zero-order valence-electron chi connectivity index (χ0n) is 20.9. The number of carbonyl (C=O) groups excluding carboxylic acids is 5. The van der Waals surface area contributed by atoms with Crippen molar-refractivity contribution in [1.29, 1.82) is 0 Å². The van der Waals surface area contributed by atoms with Gasteiger partial charge in [0.1, 0.15) is 17.7 Å². The zero-order chi connectivity index (χ0) is 27.0. The Bertz CT molecular complexity index is 973. The average molecular weight is 512 g/mol. The van der Waals surface area contributed by atoms with Gasteiger partial charge in [-0.2, -0.15) is 0 Å². The third-order valence-corrected chi connectivity index (χ3v) is 5.35. The number of primary amides is 1. The first-order chi connectivity index (χ1) is 16.9. The number of hydrogen-bond donors (Lipinski definition) is 4. The van der Waals surface area contributed by atoms with Crippen molar-refractivity contribution in [2.75, 3.05) is 34.0 Å². The Hall–Kier alpha value is -3.36. The van der Waals surface area contributed by atoms with Gasteiger partial charge in [0.2, 0.25) is 17.6 Å². The molecule has 0 spiro atoms. The predicted octanol–water partition coefficient (Wildman–Crippen LogP) is -1.46. The Morgan fingerprint density at radius 2 is 1.56 bits per heavy atom. The van der Waals surface area contributed by atoms with Crippen molar-refractivity contribution in [3.8, 4) is 0 Å². The van der Waals surface area contributed by atoms with E-state index in [0.29, 0.717) is 6.42 Å². The summed E-state index contributed by atoms with van der Waals surface area (Å²) in [7, 11) is 2.66. The highest BCUT2D eigenvalue weighted by molar-refractivity contribution is 6.00. The van der Waals surface area contributed by atoms with Crippen molar-refractivity contribution in [3.63, 3.8) is 0 Å². The van der Waals surface area contributed by atoms with Crippen LogP contribution in [0, 0.1) is 5.92 Å². The lowest BCUT2D eigenvalue weighted by Crippen LogP contribution is -2.58. The number of nitrogens with zero attached hydrogens (tertiary/aromatic N) is 1. The Morgan fingerprint density at radius 3 is 2.00 bits per heavy atom. The molecule has 5 N–H and O–H groups in total. The molecule has 0 saturated carbocycles. The minimum atomic E-state index is -1.24. The second kappa shape index (κ2) is 12.6. The highest BCUT2D eigenvalue weighted by atomic mass is 16.6. The number of nitrogens with two attached hydrogens (primary N) is 1. The monoisotopic (exact) mass is 511 g/mol. The Kier molecular flexibility index (Phi) is 10.1. The molecular formula is C22H33N5O9. The topological polar surface area (TPSA) is 204 Å². The summed E-state index contributed by atoms with van der Waals surface area (Å²) in [6.45, 7) is 5.31. The predicted molar refractivity (Wildman–Crippen MR) is 123 cm³/mol. The summed E-state index contributed by atoms with van der Waals surface area (Å²) in [6.07, 6.45) is 0.379. The first kappa shape index (κ1) is 28.9. The van der Waals surface area contributed by atoms with Crippen LogP contribution in [0.15, 0.2) is 10.6 Å². The maximum atomic E-state index is 13.0. The molecule has 200 valence electrons. The summed E-state index contributed by atoms with van der Waals surface area (Å²) in [5.41, 5.74) is 3.86. The summed E-state index contributed by atoms with van der Waals surface area (Å²) >= 11 is 0. The summed E-state index contributed by atoms with van der Waals surface area (Å²) in [4.78, 5) is 62.4. The van der Waals surface area contributed by atoms with E-state index in [0.717, 1.165) is 6.07 Å². The normalized spacial score (nSPS) is 19.2. The molecule has 3 unspecified atom stereocenters. The molecule has 1 aliphatic heterocycles. The highest BCUT2D eigenvalue weighted by Gasteiger charge is 2.50. The summed E-state index contributed by atoms with van der Waals surface area (Å²) in [6, 6.07) is -2.21. The number of rotatable bonds is 15. The number of carbonyl (C=O) groups is 5. The van der Waals surface area contributed by atoms with Crippen LogP contribution < -0.4 is 21.7 Å². The third kappa shape index (κ3) is 7.83. The van der Waals surface area contributed by atoms with Crippen molar-refractivity contribution in [2.45, 2.75) is 50.9 Å². The molecule has 2 heterocycles. The van der Waals surface area contributed by atoms with Gasteiger partial charge in [-0.1, -0.05) is 19.0 Å². The molecule has 14 nitrogen and oxygen atoms in total. The second-order valence-electron chi connectivity index (χ2n) is 9.01. The smallest absolute Gasteiger partial charge is 0.287 e. The van der Waals surface area contributed by atoms with Crippen molar-refractivity contribution in [3.05, 3.63) is 17.5 Å². The van der Waals surface area contributed by atoms with E-state index in [1.165, 1.54) is 14.2 Å². The lowest BCUT2D eigenvalue weighted by Gasteiger charge is -2.26. The van der Waals surface area contributed by atoms with Crippen LogP contribution in [0.3, 0.4) is 0 Å². The van der Waals surface area contributed by atoms with Crippen LogP contribution in [0.2, 0.25) is 0 Å². The number of aromatic nitrogens is 1. The second-order valence-corrected chi connectivity index (χ2v) is 9.01. The van der Waals surface area contributed by atoms with E-state index in [1.54, 1.807) is 6.92 Å². The van der Waals surface area contributed by atoms with Gasteiger partial charge in [0.05, 0.1) is 25.9 Å². The van der Waals surface area contributed by atoms with E-state index < -0.39 is 47.4 Å². The molecule has 0 radical (unpaired) electrons. The molecule has 4 atom stereocenters. The Labute approximate surface area is 207 Å². The van der Waals surface area contributed by atoms with E-state index in [2.05, 4.69) is 25.6 Å². The third-order valence-electron chi connectivity index (χ3n) is 5.35. The van der Waals surface area contributed by atoms with E-state index in [-0.39, 0.29) is 43.0 Å². The number of ketones is 1. The number of methoxy groups -OCH3 is 2. The van der Waals surface area contributed by atoms with Crippen molar-refractivity contribution >= 4 is 29.4 Å². The largest absolute Gasteiger partial charge is 0.382 e. The molecule has 0 aromatic carbocycles. The maximum absolute atomic E-state index is 13.0. The molecule has 1 fully saturated rings. The maximum Gasteiger partial charge on any atom is 0.287 e. The quantitative estimate of drug-likeness (QED) is 0.201. The summed E-state index contributed by atoms with van der Waals surface area (Å²) in [5.74, 6) is -3.64. The number of amides is 4. The van der Waals surface area contributed by atoms with Crippen LogP contribution in [0.4, 0.5) is 0 Å². The zero-order valence-corrected chi connectivity index (χ0v) is 20.9. The molecule has 0 aliphatic carbocycles. The minimum Gasteiger partial charge on any atom is -0.382 e. The van der Waals surface area contributed by atoms with Gasteiger partial charge in [0.25, 0.3) is 11.8 Å². The van der Waals surface area contributed by atoms with Gasteiger partial charge in [0.15, 0.2) is 11.5 Å². The number of ether oxygens (including phenoxy) is 3. The molecule has 0 bridgehead atoms. The van der Waals surface area contributed by atoms with E-state index in [4.69, 9.17) is 19.9 Å². The van der Waals surface area contributed by atoms with Gasteiger partial charge in [-0.15, -0.1) is 0 Å². The average Bonchev–Trinajstić information content (AvgIpc) is 3.35. The first-order valence-electron chi connectivity index (χ1n) is 11.3. The molecule has 14 heteroatoms. The van der Waals surface area contributed by atoms with Gasteiger partial charge in [0, 0.05) is 20.3 Å². The number of nitrogens with one attached hydrogen (secondary N) is 3. The number of hydrogen-bond acceptors (Lipinski definition) is 10. The lowest BCUT2D eigenvalue weighted by atomic mass is 9.93. The minimum absolute atomic E-state index is 0.102. The van der Waals surface area contributed by atoms with Crippen molar-refractivity contribution in [2.24, 2.45) is 11.7 Å². The molecule has 1 aliphatic rings. The molecular weight excluding hydrogens is 478 g/mol. The molecule has 1 aromatic rings. The van der Waals surface area contributed by atoms with Gasteiger partial charge < -0.3 is 40.4 Å². The molecule has 1 saturated heterocycles. The molecule has 2 rings (SSSR count). The highest BCUT2D eigenvalue weighted by Crippen LogP contribution is 2.29. The SMILES string of the molecule is COCC(NC(=O)c1cc(C(N)=O)on1)C(=O)NC(COC)C(=O)NC(CC(C)C)C(=O)[C@@]1(C)CO1. The molecule has 36 heavy (non-hydrogen) atoms. The van der Waals surface area contributed by atoms with Crippen LogP contribution in [0.25, 0.3) is 0 Å². The van der Waals surface area contributed by atoms with E-state index in [9.17, 15) is 24.0 Å². The van der Waals surface area contributed by atoms with Gasteiger partial charge in [-0.05, 0) is 19.3 Å². The van der Waals surface area contributed by atoms with Crippen molar-refractivity contribution < 1.29 is 42.7 Å². The number of Topliss-reactive ketones (excluding diaryl/α,β-unsaturated/α-hetero) is 1. The first-order valence-corrected chi connectivity index (χ1v) is 11.3. The van der Waals surface area contributed by atoms with Gasteiger partial charge >= 0.3 is 0 Å². The fraction of sp³-hybridized carbons (Fsp3) is 0.636. The van der Waals surface area contributed by atoms with Crippen LogP contribution in [-0.2, 0) is 28.6 Å². The van der Waals surface area contributed by atoms with Crippen LogP contribution in [-0.4, -0.2) is 92.3 Å². The van der Waals surface area contributed by atoms with Gasteiger partial charge in [-0.3, -0.25) is 24.0 Å². The van der Waals surface area contributed by atoms with E-state index in [1.807, 2.05) is 13.8 Å². The lowest BCUT2D eigenvalue weighted by molar-refractivity contribution is -0.134. The summed E-state index contributed by atoms with van der Waals surface area (Å²) in [5, 5.41) is 11.0. The van der Waals surface area contributed by atoms with Gasteiger partial charge in [-0.25, -0.2) is 0 Å². The fourth-order valence-corrected chi connectivity index (χ4v) is 3.30. The Morgan fingerprint density at radius 1 is 1.03 bits per heavy atom. The standard InChI is InChI=1S/C22H33N5O9/c1-11(2)6-12(17(28)22(3)10-35-22)24-20(31)14(8-33-4)26-21(32)15(9-34-5)25-19(30)13-7-16(18(23)29)36-27-13/h7,11-12,14-15H,6,8-10H2,1-5H3,(H2,23,29)(H,24,31)(H,25,30)(H,26,32)/t12?,14?,15?,22-/m1/s1.